The molecule has 3 heteroatoms. The lowest BCUT2D eigenvalue weighted by Crippen LogP contribution is -2.34. The fraction of sp³-hybridized carbons (Fsp3) is 0.625. The average Bonchev–Trinajstić information content (AvgIpc) is 2.40. The zero-order valence-corrected chi connectivity index (χ0v) is 12.1. The van der Waals surface area contributed by atoms with E-state index in [-0.39, 0.29) is 12.1 Å². The molecule has 0 saturated heterocycles. The Labute approximate surface area is 116 Å². The van der Waals surface area contributed by atoms with Gasteiger partial charge in [0.2, 0.25) is 0 Å². The highest BCUT2D eigenvalue weighted by Gasteiger charge is 2.24. The number of hydrogen-bond donors (Lipinski definition) is 2. The quantitative estimate of drug-likeness (QED) is 0.630. The second kappa shape index (κ2) is 6.92. The smallest absolute Gasteiger partial charge is 0.120 e. The lowest BCUT2D eigenvalue weighted by molar-refractivity contribution is 0.240. The van der Waals surface area contributed by atoms with Crippen molar-refractivity contribution in [3.63, 3.8) is 0 Å². The Hall–Kier alpha value is -1.06. The van der Waals surface area contributed by atoms with Crippen molar-refractivity contribution in [1.29, 1.82) is 0 Å². The fourth-order valence-electron chi connectivity index (χ4n) is 3.03. The number of nitrogens with one attached hydrogen (secondary N) is 1. The highest BCUT2D eigenvalue weighted by atomic mass is 16.5. The number of hydrazine groups is 1. The Morgan fingerprint density at radius 3 is 2.58 bits per heavy atom. The van der Waals surface area contributed by atoms with E-state index in [0.29, 0.717) is 5.92 Å². The first-order chi connectivity index (χ1) is 9.20. The molecule has 1 saturated carbocycles. The van der Waals surface area contributed by atoms with Gasteiger partial charge in [0.1, 0.15) is 5.75 Å². The molecule has 1 aromatic carbocycles. The van der Waals surface area contributed by atoms with Crippen LogP contribution in [0.4, 0.5) is 0 Å². The maximum atomic E-state index is 5.80. The molecule has 1 unspecified atom stereocenters. The van der Waals surface area contributed by atoms with Gasteiger partial charge in [-0.2, -0.15) is 0 Å². The zero-order chi connectivity index (χ0) is 13.7. The first kappa shape index (κ1) is 14.4. The summed E-state index contributed by atoms with van der Waals surface area (Å²) in [5.74, 6) is 7.38. The van der Waals surface area contributed by atoms with Gasteiger partial charge in [-0.3, -0.25) is 11.3 Å². The molecule has 0 aromatic heterocycles. The van der Waals surface area contributed by atoms with Crippen LogP contribution in [0.2, 0.25) is 0 Å². The molecule has 106 valence electrons. The third-order valence-electron chi connectivity index (χ3n) is 3.89. The van der Waals surface area contributed by atoms with Gasteiger partial charge in [-0.1, -0.05) is 31.4 Å². The van der Waals surface area contributed by atoms with E-state index >= 15 is 0 Å². The van der Waals surface area contributed by atoms with E-state index in [9.17, 15) is 0 Å². The Balaban J connectivity index is 2.12. The molecule has 0 amide bonds. The summed E-state index contributed by atoms with van der Waals surface area (Å²) in [6.45, 7) is 4.10. The second-order valence-electron chi connectivity index (χ2n) is 5.78. The first-order valence-corrected chi connectivity index (χ1v) is 7.43. The zero-order valence-electron chi connectivity index (χ0n) is 12.1. The third-order valence-corrected chi connectivity index (χ3v) is 3.89. The number of benzene rings is 1. The van der Waals surface area contributed by atoms with Gasteiger partial charge in [-0.05, 0) is 50.3 Å². The van der Waals surface area contributed by atoms with Crippen LogP contribution >= 0.6 is 0 Å². The van der Waals surface area contributed by atoms with Gasteiger partial charge in [0.25, 0.3) is 0 Å². The Morgan fingerprint density at radius 2 is 1.95 bits per heavy atom. The van der Waals surface area contributed by atoms with Crippen molar-refractivity contribution in [2.75, 3.05) is 0 Å². The average molecular weight is 262 g/mol. The van der Waals surface area contributed by atoms with Gasteiger partial charge in [-0.25, -0.2) is 0 Å². The van der Waals surface area contributed by atoms with Crippen LogP contribution in [0.15, 0.2) is 24.3 Å². The van der Waals surface area contributed by atoms with Gasteiger partial charge in [0.05, 0.1) is 6.10 Å². The van der Waals surface area contributed by atoms with Crippen LogP contribution in [0.5, 0.6) is 5.75 Å². The minimum absolute atomic E-state index is 0.203. The molecule has 2 rings (SSSR count). The molecular weight excluding hydrogens is 236 g/mol. The Bertz CT molecular complexity index is 386. The SMILES string of the molecule is CC(C)Oc1cccc(C(NN)C2CCCCC2)c1. The molecule has 1 fully saturated rings. The maximum absolute atomic E-state index is 5.80. The second-order valence-corrected chi connectivity index (χ2v) is 5.78. The van der Waals surface area contributed by atoms with Gasteiger partial charge in [0.15, 0.2) is 0 Å². The summed E-state index contributed by atoms with van der Waals surface area (Å²) in [6, 6.07) is 8.58. The maximum Gasteiger partial charge on any atom is 0.120 e. The van der Waals surface area contributed by atoms with Crippen LogP contribution in [0.1, 0.15) is 57.6 Å². The molecule has 19 heavy (non-hydrogen) atoms. The minimum atomic E-state index is 0.203. The monoisotopic (exact) mass is 262 g/mol. The van der Waals surface area contributed by atoms with E-state index < -0.39 is 0 Å². The molecule has 1 aliphatic carbocycles. The van der Waals surface area contributed by atoms with Crippen LogP contribution in [-0.2, 0) is 0 Å². The molecule has 0 heterocycles. The highest BCUT2D eigenvalue weighted by molar-refractivity contribution is 5.31. The molecule has 1 atom stereocenters. The van der Waals surface area contributed by atoms with E-state index in [0.717, 1.165) is 5.75 Å². The summed E-state index contributed by atoms with van der Waals surface area (Å²) < 4.78 is 5.77. The van der Waals surface area contributed by atoms with Crippen LogP contribution in [0.3, 0.4) is 0 Å². The van der Waals surface area contributed by atoms with Crippen molar-refractivity contribution in [3.05, 3.63) is 29.8 Å². The molecule has 0 spiro atoms. The minimum Gasteiger partial charge on any atom is -0.491 e. The van der Waals surface area contributed by atoms with E-state index in [1.54, 1.807) is 0 Å². The largest absolute Gasteiger partial charge is 0.491 e. The number of hydrogen-bond acceptors (Lipinski definition) is 3. The summed E-state index contributed by atoms with van der Waals surface area (Å²) >= 11 is 0. The molecule has 1 aromatic rings. The molecule has 0 bridgehead atoms. The molecule has 1 aliphatic rings. The fourth-order valence-corrected chi connectivity index (χ4v) is 3.03. The summed E-state index contributed by atoms with van der Waals surface area (Å²) in [5, 5.41) is 0. The van der Waals surface area contributed by atoms with Gasteiger partial charge >= 0.3 is 0 Å². The van der Waals surface area contributed by atoms with E-state index in [4.69, 9.17) is 10.6 Å². The highest BCUT2D eigenvalue weighted by Crippen LogP contribution is 2.34. The molecule has 0 radical (unpaired) electrons. The van der Waals surface area contributed by atoms with Crippen molar-refractivity contribution in [1.82, 2.24) is 5.43 Å². The van der Waals surface area contributed by atoms with Crippen molar-refractivity contribution >= 4 is 0 Å². The van der Waals surface area contributed by atoms with Crippen LogP contribution in [0.25, 0.3) is 0 Å². The molecular formula is C16H26N2O. The van der Waals surface area contributed by atoms with Crippen LogP contribution in [-0.4, -0.2) is 6.10 Å². The van der Waals surface area contributed by atoms with Gasteiger partial charge in [0, 0.05) is 6.04 Å². The summed E-state index contributed by atoms with van der Waals surface area (Å²) in [5.41, 5.74) is 4.26. The standard InChI is InChI=1S/C16H26N2O/c1-12(2)19-15-10-6-9-14(11-15)16(18-17)13-7-4-3-5-8-13/h6,9-13,16,18H,3-5,7-8,17H2,1-2H3. The van der Waals surface area contributed by atoms with E-state index in [1.165, 1.54) is 37.7 Å². The van der Waals surface area contributed by atoms with Crippen molar-refractivity contribution < 1.29 is 4.74 Å². The predicted octanol–water partition coefficient (Wildman–Crippen LogP) is 3.56. The van der Waals surface area contributed by atoms with Gasteiger partial charge < -0.3 is 4.74 Å². The summed E-state index contributed by atoms with van der Waals surface area (Å²) in [7, 11) is 0. The molecule has 3 nitrogen and oxygen atoms in total. The van der Waals surface area contributed by atoms with Crippen LogP contribution < -0.4 is 16.0 Å². The third kappa shape index (κ3) is 3.95. The normalized spacial score (nSPS) is 18.5. The van der Waals surface area contributed by atoms with Crippen molar-refractivity contribution in [2.24, 2.45) is 11.8 Å². The topological polar surface area (TPSA) is 47.3 Å². The Morgan fingerprint density at radius 1 is 1.21 bits per heavy atom. The predicted molar refractivity (Wildman–Crippen MR) is 78.8 cm³/mol. The van der Waals surface area contributed by atoms with Crippen LogP contribution in [0, 0.1) is 5.92 Å². The number of rotatable bonds is 5. The lowest BCUT2D eigenvalue weighted by Gasteiger charge is -2.30. The van der Waals surface area contributed by atoms with Crippen molar-refractivity contribution in [3.8, 4) is 5.75 Å². The lowest BCUT2D eigenvalue weighted by atomic mass is 9.81. The Kier molecular flexibility index (Phi) is 5.23. The summed E-state index contributed by atoms with van der Waals surface area (Å²) in [4.78, 5) is 0. The number of nitrogens with two attached hydrogens (primary N) is 1. The van der Waals surface area contributed by atoms with Crippen molar-refractivity contribution in [2.45, 2.75) is 58.1 Å². The molecule has 0 aliphatic heterocycles. The summed E-state index contributed by atoms with van der Waals surface area (Å²) in [6.07, 6.45) is 6.75. The number of ether oxygens (including phenoxy) is 1. The van der Waals surface area contributed by atoms with E-state index in [1.807, 2.05) is 19.9 Å². The molecule has 3 N–H and O–H groups in total. The first-order valence-electron chi connectivity index (χ1n) is 7.43. The van der Waals surface area contributed by atoms with E-state index in [2.05, 4.69) is 23.6 Å². The van der Waals surface area contributed by atoms with Gasteiger partial charge in [-0.15, -0.1) is 0 Å².